The van der Waals surface area contributed by atoms with Crippen LogP contribution in [0, 0.1) is 0 Å². The number of nitrogens with zero attached hydrogens (tertiary/aromatic N) is 3. The molecule has 0 radical (unpaired) electrons. The second-order valence-electron chi connectivity index (χ2n) is 9.08. The molecule has 0 spiro atoms. The summed E-state index contributed by atoms with van der Waals surface area (Å²) in [7, 11) is 1.63. The standard InChI is InChI=1S/C25H28N4O6/c1-25(14-17-3-8-20-21(13-17)35-16-34-20)23(31)29(24(32)26-25)15-22(30)28-11-9-27(10-12-28)18-4-6-19(33-2)7-5-18/h3-8,13H,9-12,14-16H2,1-2H3,(H,26,32). The van der Waals surface area contributed by atoms with Crippen molar-refractivity contribution in [2.75, 3.05) is 51.5 Å². The lowest BCUT2D eigenvalue weighted by molar-refractivity contribution is -0.138. The molecule has 0 aromatic heterocycles. The van der Waals surface area contributed by atoms with Gasteiger partial charge in [-0.2, -0.15) is 0 Å². The number of imide groups is 1. The average molecular weight is 481 g/mol. The van der Waals surface area contributed by atoms with Gasteiger partial charge < -0.3 is 29.3 Å². The molecular weight excluding hydrogens is 452 g/mol. The van der Waals surface area contributed by atoms with Gasteiger partial charge in [-0.3, -0.25) is 14.5 Å². The molecule has 5 rings (SSSR count). The number of methoxy groups -OCH3 is 1. The van der Waals surface area contributed by atoms with Crippen molar-refractivity contribution in [3.63, 3.8) is 0 Å². The number of carbonyl (C=O) groups excluding carboxylic acids is 3. The largest absolute Gasteiger partial charge is 0.497 e. The molecule has 0 aliphatic carbocycles. The predicted molar refractivity (Wildman–Crippen MR) is 127 cm³/mol. The highest BCUT2D eigenvalue weighted by molar-refractivity contribution is 6.09. The van der Waals surface area contributed by atoms with Crippen LogP contribution >= 0.6 is 0 Å². The average Bonchev–Trinajstić information content (AvgIpc) is 3.42. The van der Waals surface area contributed by atoms with Crippen LogP contribution in [-0.2, 0) is 16.0 Å². The van der Waals surface area contributed by atoms with E-state index in [4.69, 9.17) is 14.2 Å². The lowest BCUT2D eigenvalue weighted by Crippen LogP contribution is -2.52. The Labute approximate surface area is 203 Å². The van der Waals surface area contributed by atoms with Crippen LogP contribution in [-0.4, -0.2) is 79.8 Å². The summed E-state index contributed by atoms with van der Waals surface area (Å²) in [6.07, 6.45) is 0.277. The summed E-state index contributed by atoms with van der Waals surface area (Å²) in [6, 6.07) is 12.7. The van der Waals surface area contributed by atoms with E-state index in [-0.39, 0.29) is 25.7 Å². The fourth-order valence-corrected chi connectivity index (χ4v) is 4.71. The Morgan fingerprint density at radius 2 is 1.74 bits per heavy atom. The van der Waals surface area contributed by atoms with Gasteiger partial charge in [0.25, 0.3) is 5.91 Å². The van der Waals surface area contributed by atoms with Crippen molar-refractivity contribution in [2.24, 2.45) is 0 Å². The number of benzene rings is 2. The Morgan fingerprint density at radius 3 is 2.46 bits per heavy atom. The molecule has 35 heavy (non-hydrogen) atoms. The van der Waals surface area contributed by atoms with E-state index >= 15 is 0 Å². The molecule has 1 N–H and O–H groups in total. The number of urea groups is 1. The van der Waals surface area contributed by atoms with Crippen LogP contribution in [0.5, 0.6) is 17.2 Å². The summed E-state index contributed by atoms with van der Waals surface area (Å²) < 4.78 is 15.9. The monoisotopic (exact) mass is 480 g/mol. The van der Waals surface area contributed by atoms with Gasteiger partial charge in [0.1, 0.15) is 17.8 Å². The molecule has 2 fully saturated rings. The lowest BCUT2D eigenvalue weighted by atomic mass is 9.92. The van der Waals surface area contributed by atoms with E-state index < -0.39 is 17.5 Å². The van der Waals surface area contributed by atoms with E-state index in [0.717, 1.165) is 21.9 Å². The van der Waals surface area contributed by atoms with Crippen molar-refractivity contribution in [2.45, 2.75) is 18.9 Å². The molecule has 1 unspecified atom stereocenters. The third-order valence-electron chi connectivity index (χ3n) is 6.70. The SMILES string of the molecule is COc1ccc(N2CCN(C(=O)CN3C(=O)NC(C)(Cc4ccc5c(c4)OCO5)C3=O)CC2)cc1. The number of fused-ring (bicyclic) bond motifs is 1. The molecule has 0 saturated carbocycles. The molecule has 10 heteroatoms. The quantitative estimate of drug-likeness (QED) is 0.627. The van der Waals surface area contributed by atoms with E-state index in [1.165, 1.54) is 0 Å². The first-order valence-corrected chi connectivity index (χ1v) is 11.6. The van der Waals surface area contributed by atoms with Crippen molar-refractivity contribution in [1.82, 2.24) is 15.1 Å². The summed E-state index contributed by atoms with van der Waals surface area (Å²) in [4.78, 5) is 43.7. The Balaban J connectivity index is 1.18. The van der Waals surface area contributed by atoms with Crippen LogP contribution in [0.1, 0.15) is 12.5 Å². The summed E-state index contributed by atoms with van der Waals surface area (Å²) in [5, 5.41) is 2.77. The molecule has 2 saturated heterocycles. The van der Waals surface area contributed by atoms with Crippen molar-refractivity contribution in [3.05, 3.63) is 48.0 Å². The number of piperazine rings is 1. The smallest absolute Gasteiger partial charge is 0.325 e. The van der Waals surface area contributed by atoms with E-state index in [1.54, 1.807) is 25.0 Å². The molecule has 3 aliphatic rings. The first kappa shape index (κ1) is 22.8. The molecule has 184 valence electrons. The Bertz CT molecular complexity index is 1150. The van der Waals surface area contributed by atoms with Crippen molar-refractivity contribution >= 4 is 23.5 Å². The topological polar surface area (TPSA) is 101 Å². The number of hydrogen-bond acceptors (Lipinski definition) is 7. The number of rotatable bonds is 6. The number of anilines is 1. The molecule has 2 aromatic rings. The normalized spacial score (nSPS) is 21.4. The van der Waals surface area contributed by atoms with Crippen LogP contribution < -0.4 is 24.4 Å². The van der Waals surface area contributed by atoms with Gasteiger partial charge in [0.15, 0.2) is 11.5 Å². The van der Waals surface area contributed by atoms with Crippen LogP contribution in [0.4, 0.5) is 10.5 Å². The molecule has 10 nitrogen and oxygen atoms in total. The number of hydrogen-bond donors (Lipinski definition) is 1. The van der Waals surface area contributed by atoms with E-state index in [2.05, 4.69) is 10.2 Å². The maximum atomic E-state index is 13.2. The van der Waals surface area contributed by atoms with Gasteiger partial charge in [-0.25, -0.2) is 4.79 Å². The van der Waals surface area contributed by atoms with Crippen molar-refractivity contribution in [1.29, 1.82) is 0 Å². The predicted octanol–water partition coefficient (Wildman–Crippen LogP) is 1.63. The van der Waals surface area contributed by atoms with Gasteiger partial charge in [-0.05, 0) is 48.9 Å². The van der Waals surface area contributed by atoms with Gasteiger partial charge in [-0.1, -0.05) is 6.07 Å². The van der Waals surface area contributed by atoms with Crippen molar-refractivity contribution in [3.8, 4) is 17.2 Å². The second-order valence-corrected chi connectivity index (χ2v) is 9.08. The molecule has 3 aliphatic heterocycles. The zero-order chi connectivity index (χ0) is 24.6. The third kappa shape index (κ3) is 4.43. The minimum atomic E-state index is -1.14. The number of ether oxygens (including phenoxy) is 3. The highest BCUT2D eigenvalue weighted by atomic mass is 16.7. The van der Waals surface area contributed by atoms with Crippen molar-refractivity contribution < 1.29 is 28.6 Å². The van der Waals surface area contributed by atoms with Crippen LogP contribution in [0.2, 0.25) is 0 Å². The summed E-state index contributed by atoms with van der Waals surface area (Å²) >= 11 is 0. The number of nitrogens with one attached hydrogen (secondary N) is 1. The highest BCUT2D eigenvalue weighted by Crippen LogP contribution is 2.34. The zero-order valence-corrected chi connectivity index (χ0v) is 19.8. The maximum Gasteiger partial charge on any atom is 0.325 e. The fraction of sp³-hybridized carbons (Fsp3) is 0.400. The summed E-state index contributed by atoms with van der Waals surface area (Å²) in [6.45, 7) is 3.93. The number of amides is 4. The van der Waals surface area contributed by atoms with E-state index in [9.17, 15) is 14.4 Å². The summed E-state index contributed by atoms with van der Waals surface area (Å²) in [5.41, 5.74) is 0.748. The van der Waals surface area contributed by atoms with Crippen LogP contribution in [0.15, 0.2) is 42.5 Å². The molecule has 0 bridgehead atoms. The number of carbonyl (C=O) groups is 3. The molecule has 4 amide bonds. The van der Waals surface area contributed by atoms with Gasteiger partial charge in [0.05, 0.1) is 7.11 Å². The van der Waals surface area contributed by atoms with Gasteiger partial charge in [0, 0.05) is 38.3 Å². The fourth-order valence-electron chi connectivity index (χ4n) is 4.71. The Morgan fingerprint density at radius 1 is 1.03 bits per heavy atom. The first-order valence-electron chi connectivity index (χ1n) is 11.6. The van der Waals surface area contributed by atoms with E-state index in [1.807, 2.05) is 36.4 Å². The lowest BCUT2D eigenvalue weighted by Gasteiger charge is -2.36. The first-order chi connectivity index (χ1) is 16.9. The molecular formula is C25H28N4O6. The van der Waals surface area contributed by atoms with Gasteiger partial charge in [-0.15, -0.1) is 0 Å². The molecule has 3 heterocycles. The Kier molecular flexibility index (Phi) is 5.88. The zero-order valence-electron chi connectivity index (χ0n) is 19.8. The summed E-state index contributed by atoms with van der Waals surface area (Å²) in [5.74, 6) is 1.41. The minimum absolute atomic E-state index is 0.163. The van der Waals surface area contributed by atoms with E-state index in [0.29, 0.717) is 37.7 Å². The molecule has 1 atom stereocenters. The Hall–Kier alpha value is -3.95. The third-order valence-corrected chi connectivity index (χ3v) is 6.70. The maximum absolute atomic E-state index is 13.2. The highest BCUT2D eigenvalue weighted by Gasteiger charge is 2.48. The van der Waals surface area contributed by atoms with Gasteiger partial charge >= 0.3 is 6.03 Å². The second kappa shape index (κ2) is 9.01. The van der Waals surface area contributed by atoms with Crippen LogP contribution in [0.25, 0.3) is 0 Å². The molecule has 2 aromatic carbocycles. The van der Waals surface area contributed by atoms with Gasteiger partial charge in [0.2, 0.25) is 12.7 Å². The minimum Gasteiger partial charge on any atom is -0.497 e. The van der Waals surface area contributed by atoms with Crippen LogP contribution in [0.3, 0.4) is 0 Å².